The Kier molecular flexibility index (Phi) is 4.30. The molecule has 3 amide bonds. The molecule has 8 nitrogen and oxygen atoms in total. The lowest BCUT2D eigenvalue weighted by Gasteiger charge is -2.14. The summed E-state index contributed by atoms with van der Waals surface area (Å²) in [6.45, 7) is 0. The van der Waals surface area contributed by atoms with Crippen LogP contribution in [0.25, 0.3) is 0 Å². The average molecular weight is 267 g/mol. The number of amides is 3. The van der Waals surface area contributed by atoms with Gasteiger partial charge in [0.25, 0.3) is 5.91 Å². The minimum absolute atomic E-state index is 0.254. The Hall–Kier alpha value is -2.77. The number of para-hydroxylation sites is 1. The lowest BCUT2D eigenvalue weighted by Crippen LogP contribution is -2.46. The first-order chi connectivity index (χ1) is 8.82. The van der Waals surface area contributed by atoms with Crippen molar-refractivity contribution in [2.45, 2.75) is 12.5 Å². The monoisotopic (exact) mass is 267 g/mol. The van der Waals surface area contributed by atoms with E-state index in [0.29, 0.717) is 0 Å². The van der Waals surface area contributed by atoms with E-state index >= 15 is 0 Å². The lowest BCUT2D eigenvalue weighted by atomic mass is 10.1. The van der Waals surface area contributed by atoms with Gasteiger partial charge in [-0.2, -0.15) is 0 Å². The van der Waals surface area contributed by atoms with Gasteiger partial charge in [0.2, 0.25) is 11.8 Å². The van der Waals surface area contributed by atoms with Gasteiger partial charge in [-0.15, -0.1) is 0 Å². The molecule has 0 aliphatic rings. The summed E-state index contributed by atoms with van der Waals surface area (Å²) < 4.78 is 0. The second-order valence-electron chi connectivity index (χ2n) is 3.77. The Balaban J connectivity index is 2.91. The van der Waals surface area contributed by atoms with E-state index in [0.717, 1.165) is 0 Å². The molecule has 0 saturated carbocycles. The Morgan fingerprint density at radius 1 is 1.21 bits per heavy atom. The van der Waals surface area contributed by atoms with Gasteiger partial charge >= 0.3 is 0 Å². The molecule has 0 radical (unpaired) electrons. The van der Waals surface area contributed by atoms with E-state index in [4.69, 9.17) is 11.5 Å². The average Bonchev–Trinajstić information content (AvgIpc) is 2.31. The molecule has 8 heteroatoms. The molecule has 0 saturated heterocycles. The normalized spacial score (nSPS) is 11.6. The molecule has 1 rings (SSSR count). The van der Waals surface area contributed by atoms with Crippen LogP contribution in [-0.2, 0) is 9.59 Å². The molecule has 0 aliphatic carbocycles. The van der Waals surface area contributed by atoms with Crippen molar-refractivity contribution in [3.05, 3.63) is 23.8 Å². The smallest absolute Gasteiger partial charge is 0.255 e. The summed E-state index contributed by atoms with van der Waals surface area (Å²) in [5.74, 6) is -3.74. The van der Waals surface area contributed by atoms with E-state index in [1.54, 1.807) is 0 Å². The van der Waals surface area contributed by atoms with Crippen molar-refractivity contribution in [2.75, 3.05) is 0 Å². The second-order valence-corrected chi connectivity index (χ2v) is 3.77. The van der Waals surface area contributed by atoms with E-state index in [1.165, 1.54) is 18.2 Å². The summed E-state index contributed by atoms with van der Waals surface area (Å²) in [6.07, 6.45) is -0.458. The molecule has 0 aromatic heterocycles. The zero-order valence-electron chi connectivity index (χ0n) is 9.79. The highest BCUT2D eigenvalue weighted by Crippen LogP contribution is 2.27. The standard InChI is InChI=1S/C11H13N3O5/c12-8(16)4-6(10(13)18)14-11(19)5-2-1-3-7(15)9(5)17/h1-3,6,15,17H,4H2,(H2,12,16)(H2,13,18)(H,14,19)/t6-/m1/s1. The van der Waals surface area contributed by atoms with Gasteiger partial charge < -0.3 is 27.0 Å². The number of benzene rings is 1. The maximum absolute atomic E-state index is 11.8. The Morgan fingerprint density at radius 2 is 1.84 bits per heavy atom. The first-order valence-corrected chi connectivity index (χ1v) is 5.22. The molecule has 0 fully saturated rings. The number of nitrogens with one attached hydrogen (secondary N) is 1. The molecular formula is C11H13N3O5. The first kappa shape index (κ1) is 14.3. The summed E-state index contributed by atoms with van der Waals surface area (Å²) in [7, 11) is 0. The van der Waals surface area contributed by atoms with Gasteiger partial charge in [0, 0.05) is 0 Å². The number of carbonyl (C=O) groups excluding carboxylic acids is 3. The third-order valence-corrected chi connectivity index (χ3v) is 2.31. The zero-order valence-corrected chi connectivity index (χ0v) is 9.79. The molecule has 102 valence electrons. The summed E-state index contributed by atoms with van der Waals surface area (Å²) in [5.41, 5.74) is 9.66. The third-order valence-electron chi connectivity index (χ3n) is 2.31. The number of aromatic hydroxyl groups is 2. The van der Waals surface area contributed by atoms with E-state index in [1.807, 2.05) is 0 Å². The molecule has 19 heavy (non-hydrogen) atoms. The number of phenols is 2. The maximum atomic E-state index is 11.8. The number of primary amides is 2. The van der Waals surface area contributed by atoms with Crippen molar-refractivity contribution in [2.24, 2.45) is 11.5 Å². The SMILES string of the molecule is NC(=O)C[C@@H](NC(=O)c1cccc(O)c1O)C(N)=O. The number of hydrogen-bond donors (Lipinski definition) is 5. The highest BCUT2D eigenvalue weighted by Gasteiger charge is 2.23. The predicted octanol–water partition coefficient (Wildman–Crippen LogP) is -1.44. The van der Waals surface area contributed by atoms with Crippen molar-refractivity contribution in [3.63, 3.8) is 0 Å². The van der Waals surface area contributed by atoms with Crippen molar-refractivity contribution in [3.8, 4) is 11.5 Å². The van der Waals surface area contributed by atoms with Gasteiger partial charge in [0.05, 0.1) is 12.0 Å². The molecule has 1 atom stereocenters. The van der Waals surface area contributed by atoms with E-state index in [-0.39, 0.29) is 5.56 Å². The second kappa shape index (κ2) is 5.71. The Labute approximate surface area is 108 Å². The van der Waals surface area contributed by atoms with Gasteiger partial charge in [0.15, 0.2) is 11.5 Å². The maximum Gasteiger partial charge on any atom is 0.255 e. The largest absolute Gasteiger partial charge is 0.504 e. The Morgan fingerprint density at radius 3 is 2.37 bits per heavy atom. The van der Waals surface area contributed by atoms with Crippen LogP contribution in [0.1, 0.15) is 16.8 Å². The van der Waals surface area contributed by atoms with Gasteiger partial charge in [-0.1, -0.05) is 6.07 Å². The molecule has 0 heterocycles. The summed E-state index contributed by atoms with van der Waals surface area (Å²) in [6, 6.07) is 2.46. The van der Waals surface area contributed by atoms with Gasteiger partial charge in [0.1, 0.15) is 6.04 Å². The summed E-state index contributed by atoms with van der Waals surface area (Å²) in [5, 5.41) is 20.9. The minimum Gasteiger partial charge on any atom is -0.504 e. The van der Waals surface area contributed by atoms with Crippen molar-refractivity contribution >= 4 is 17.7 Å². The fraction of sp³-hybridized carbons (Fsp3) is 0.182. The van der Waals surface area contributed by atoms with Crippen molar-refractivity contribution in [1.29, 1.82) is 0 Å². The molecule has 7 N–H and O–H groups in total. The fourth-order valence-electron chi connectivity index (χ4n) is 1.37. The summed E-state index contributed by atoms with van der Waals surface area (Å²) >= 11 is 0. The van der Waals surface area contributed by atoms with E-state index < -0.39 is 41.7 Å². The molecule has 1 aromatic carbocycles. The van der Waals surface area contributed by atoms with Crippen LogP contribution in [0, 0.1) is 0 Å². The zero-order chi connectivity index (χ0) is 14.6. The van der Waals surface area contributed by atoms with Crippen LogP contribution >= 0.6 is 0 Å². The number of nitrogens with two attached hydrogens (primary N) is 2. The molecular weight excluding hydrogens is 254 g/mol. The van der Waals surface area contributed by atoms with E-state index in [2.05, 4.69) is 5.32 Å². The van der Waals surface area contributed by atoms with Crippen LogP contribution in [-0.4, -0.2) is 34.0 Å². The van der Waals surface area contributed by atoms with Crippen molar-refractivity contribution < 1.29 is 24.6 Å². The highest BCUT2D eigenvalue weighted by molar-refractivity contribution is 6.00. The number of phenolic OH excluding ortho intramolecular Hbond substituents is 2. The van der Waals surface area contributed by atoms with E-state index in [9.17, 15) is 24.6 Å². The van der Waals surface area contributed by atoms with Crippen LogP contribution in [0.2, 0.25) is 0 Å². The number of carbonyl (C=O) groups is 3. The van der Waals surface area contributed by atoms with Gasteiger partial charge in [-0.25, -0.2) is 0 Å². The molecule has 0 bridgehead atoms. The minimum atomic E-state index is -1.29. The van der Waals surface area contributed by atoms with Crippen LogP contribution in [0.3, 0.4) is 0 Å². The lowest BCUT2D eigenvalue weighted by molar-refractivity contribution is -0.124. The quantitative estimate of drug-likeness (QED) is 0.413. The molecule has 0 spiro atoms. The van der Waals surface area contributed by atoms with Crippen LogP contribution in [0.15, 0.2) is 18.2 Å². The number of rotatable bonds is 5. The number of hydrogen-bond acceptors (Lipinski definition) is 5. The van der Waals surface area contributed by atoms with Gasteiger partial charge in [-0.3, -0.25) is 14.4 Å². The topological polar surface area (TPSA) is 156 Å². The van der Waals surface area contributed by atoms with Crippen molar-refractivity contribution in [1.82, 2.24) is 5.32 Å². The molecule has 0 unspecified atom stereocenters. The Bertz CT molecular complexity index is 529. The highest BCUT2D eigenvalue weighted by atomic mass is 16.3. The first-order valence-electron chi connectivity index (χ1n) is 5.22. The predicted molar refractivity (Wildman–Crippen MR) is 64.0 cm³/mol. The molecule has 1 aromatic rings. The third kappa shape index (κ3) is 3.60. The summed E-state index contributed by atoms with van der Waals surface area (Å²) in [4.78, 5) is 33.5. The molecule has 0 aliphatic heterocycles. The van der Waals surface area contributed by atoms with Crippen LogP contribution < -0.4 is 16.8 Å². The fourth-order valence-corrected chi connectivity index (χ4v) is 1.37. The van der Waals surface area contributed by atoms with Gasteiger partial charge in [-0.05, 0) is 12.1 Å². The van der Waals surface area contributed by atoms with Crippen LogP contribution in [0.5, 0.6) is 11.5 Å². The van der Waals surface area contributed by atoms with Crippen LogP contribution in [0.4, 0.5) is 0 Å².